The first-order chi connectivity index (χ1) is 7.36. The molecule has 0 aliphatic carbocycles. The van der Waals surface area contributed by atoms with Gasteiger partial charge in [-0.25, -0.2) is 0 Å². The number of hydrogen-bond acceptors (Lipinski definition) is 6. The van der Waals surface area contributed by atoms with Crippen LogP contribution in [0.15, 0.2) is 0 Å². The van der Waals surface area contributed by atoms with Gasteiger partial charge in [0, 0.05) is 0 Å². The van der Waals surface area contributed by atoms with Gasteiger partial charge in [0.25, 0.3) is 0 Å². The van der Waals surface area contributed by atoms with Crippen LogP contribution in [0.3, 0.4) is 0 Å². The molecule has 0 aromatic carbocycles. The van der Waals surface area contributed by atoms with Gasteiger partial charge < -0.3 is 0 Å². The Bertz CT molecular complexity index is 205. The van der Waals surface area contributed by atoms with E-state index in [1.807, 2.05) is 0 Å². The molecule has 0 aromatic rings. The average molecular weight is 421 g/mol. The van der Waals surface area contributed by atoms with Crippen molar-refractivity contribution in [2.75, 3.05) is 23.0 Å². The van der Waals surface area contributed by atoms with Gasteiger partial charge >= 0.3 is 117 Å². The van der Waals surface area contributed by atoms with Crippen molar-refractivity contribution in [3.05, 3.63) is 0 Å². The van der Waals surface area contributed by atoms with E-state index in [9.17, 15) is 0 Å². The van der Waals surface area contributed by atoms with E-state index >= 15 is 0 Å². The van der Waals surface area contributed by atoms with Gasteiger partial charge in [-0.05, 0) is 0 Å². The maximum atomic E-state index is 2.47. The zero-order chi connectivity index (χ0) is 10.1. The van der Waals surface area contributed by atoms with Crippen LogP contribution in [0.2, 0.25) is 0 Å². The van der Waals surface area contributed by atoms with Crippen molar-refractivity contribution in [2.24, 2.45) is 0 Å². The Balaban J connectivity index is 1.58. The fraction of sp³-hybridized carbons (Fsp3) is 1.00. The summed E-state index contributed by atoms with van der Waals surface area (Å²) < 4.78 is 1.99. The summed E-state index contributed by atoms with van der Waals surface area (Å²) in [6.07, 6.45) is 2.99. The molecule has 0 spiro atoms. The summed E-state index contributed by atoms with van der Waals surface area (Å²) in [6.45, 7) is 0. The predicted octanol–water partition coefficient (Wildman–Crippen LogP) is 4.29. The van der Waals surface area contributed by atoms with E-state index < -0.39 is 12.8 Å². The van der Waals surface area contributed by atoms with Gasteiger partial charge in [-0.2, -0.15) is 0 Å². The Labute approximate surface area is 115 Å². The molecule has 15 heavy (non-hydrogen) atoms. The second-order valence-corrected chi connectivity index (χ2v) is 48.5. The Kier molecular flexibility index (Phi) is 5.08. The molecule has 2 unspecified atom stereocenters. The van der Waals surface area contributed by atoms with Gasteiger partial charge in [0.2, 0.25) is 0 Å². The van der Waals surface area contributed by atoms with Crippen molar-refractivity contribution in [1.29, 1.82) is 0 Å². The van der Waals surface area contributed by atoms with Gasteiger partial charge in [0.15, 0.2) is 0 Å². The fourth-order valence-corrected chi connectivity index (χ4v) is 75.1. The van der Waals surface area contributed by atoms with Crippen molar-refractivity contribution < 1.29 is 0 Å². The molecule has 3 aliphatic rings. The van der Waals surface area contributed by atoms with Crippen LogP contribution in [-0.2, 0) is 0 Å². The monoisotopic (exact) mass is 422 g/mol. The topological polar surface area (TPSA) is 0 Å². The molecule has 3 aliphatic heterocycles. The van der Waals surface area contributed by atoms with Crippen molar-refractivity contribution in [3.63, 3.8) is 0 Å². The molecule has 0 aromatic heterocycles. The summed E-state index contributed by atoms with van der Waals surface area (Å²) in [5.41, 5.74) is 0. The van der Waals surface area contributed by atoms with E-state index in [4.69, 9.17) is 0 Å². The molecule has 7 heteroatoms. The molecule has 86 valence electrons. The zero-order valence-corrected chi connectivity index (χ0v) is 16.1. The molecule has 0 bridgehead atoms. The van der Waals surface area contributed by atoms with Crippen LogP contribution in [0, 0.1) is 0 Å². The van der Waals surface area contributed by atoms with Crippen LogP contribution in [0.25, 0.3) is 0 Å². The van der Waals surface area contributed by atoms with E-state index in [2.05, 4.69) is 59.3 Å². The molecule has 0 N–H and O–H groups in total. The molecule has 0 amide bonds. The van der Waals surface area contributed by atoms with Crippen LogP contribution in [-0.4, -0.2) is 45.0 Å². The first kappa shape index (κ1) is 12.9. The quantitative estimate of drug-likeness (QED) is 0.617. The normalized spacial score (nSPS) is 38.4. The van der Waals surface area contributed by atoms with E-state index in [-0.39, 0.29) is 0 Å². The first-order valence-corrected chi connectivity index (χ1v) is 25.0. The first-order valence-electron chi connectivity index (χ1n) is 5.23. The second-order valence-electron chi connectivity index (χ2n) is 3.61. The Hall–Kier alpha value is 2.90. The minimum atomic E-state index is -1.86. The Morgan fingerprint density at radius 3 is 1.60 bits per heavy atom. The van der Waals surface area contributed by atoms with Crippen LogP contribution < -0.4 is 0 Å². The molecule has 3 fully saturated rings. The number of rotatable bonds is 4. The number of thioether (sulfide) groups is 2. The summed E-state index contributed by atoms with van der Waals surface area (Å²) in [4.78, 5) is 0. The van der Waals surface area contributed by atoms with Crippen molar-refractivity contribution in [1.82, 2.24) is 0 Å². The van der Waals surface area contributed by atoms with Crippen LogP contribution in [0.4, 0.5) is 0 Å². The maximum absolute atomic E-state index is 2.47. The van der Waals surface area contributed by atoms with E-state index in [1.54, 1.807) is 0 Å². The van der Waals surface area contributed by atoms with Gasteiger partial charge in [-0.3, -0.25) is 0 Å². The summed E-state index contributed by atoms with van der Waals surface area (Å²) in [7, 11) is 9.77. The summed E-state index contributed by atoms with van der Waals surface area (Å²) in [6, 6.07) is 0. The fourth-order valence-electron chi connectivity index (χ4n) is 1.47. The summed E-state index contributed by atoms with van der Waals surface area (Å²) in [5, 5.41) is 0. The third-order valence-corrected chi connectivity index (χ3v) is 57.6. The van der Waals surface area contributed by atoms with Crippen LogP contribution in [0.1, 0.15) is 12.8 Å². The molecular weight excluding hydrogens is 407 g/mol. The van der Waals surface area contributed by atoms with E-state index in [0.29, 0.717) is 0 Å². The molecular formula is C8H14S6Sn. The van der Waals surface area contributed by atoms with Gasteiger partial charge in [-0.15, -0.1) is 0 Å². The SMILES string of the molecule is C1CC([S][Sn]2([S]C3CCS3)[S]CC[S]2)S1. The van der Waals surface area contributed by atoms with Crippen molar-refractivity contribution >= 4 is 72.2 Å². The van der Waals surface area contributed by atoms with Crippen LogP contribution in [0.5, 0.6) is 0 Å². The second kappa shape index (κ2) is 5.90. The molecule has 3 heterocycles. The van der Waals surface area contributed by atoms with Crippen molar-refractivity contribution in [2.45, 2.75) is 22.0 Å². The average Bonchev–Trinajstić information content (AvgIpc) is 2.55. The molecule has 0 nitrogen and oxygen atoms in total. The van der Waals surface area contributed by atoms with Crippen molar-refractivity contribution in [3.8, 4) is 0 Å². The third kappa shape index (κ3) is 3.26. The van der Waals surface area contributed by atoms with E-state index in [1.165, 1.54) is 35.9 Å². The molecule has 3 rings (SSSR count). The molecule has 0 radical (unpaired) electrons. The van der Waals surface area contributed by atoms with Gasteiger partial charge in [-0.1, -0.05) is 0 Å². The van der Waals surface area contributed by atoms with Crippen LogP contribution >= 0.6 is 59.3 Å². The Morgan fingerprint density at radius 1 is 0.800 bits per heavy atom. The predicted molar refractivity (Wildman–Crippen MR) is 87.6 cm³/mol. The summed E-state index contributed by atoms with van der Waals surface area (Å²) >= 11 is 2.56. The third-order valence-electron chi connectivity index (χ3n) is 2.51. The zero-order valence-electron chi connectivity index (χ0n) is 8.35. The molecule has 0 saturated carbocycles. The van der Waals surface area contributed by atoms with Gasteiger partial charge in [0.05, 0.1) is 0 Å². The van der Waals surface area contributed by atoms with Gasteiger partial charge in [0.1, 0.15) is 0 Å². The number of hydrogen-bond donors (Lipinski definition) is 0. The molecule has 3 saturated heterocycles. The standard InChI is InChI=1S/2C3H6S2.C2H6S2.Sn/c2*4-3-1-2-5-3;3-1-2-4;/h2*3-4H,1-2H2;3-4H,1-2H2;/q;;;+4/p-4. The van der Waals surface area contributed by atoms with E-state index in [0.717, 1.165) is 9.16 Å². The summed E-state index contributed by atoms with van der Waals surface area (Å²) in [5.74, 6) is 5.76. The molecule has 2 atom stereocenters. The Morgan fingerprint density at radius 2 is 1.27 bits per heavy atom. The minimum absolute atomic E-state index is 0.997.